The first-order valence-corrected chi connectivity index (χ1v) is 5.97. The molecule has 2 N–H and O–H groups in total. The smallest absolute Gasteiger partial charge is 0.0973 e. The van der Waals surface area contributed by atoms with Crippen LogP contribution in [0.3, 0.4) is 0 Å². The Kier molecular flexibility index (Phi) is 4.42. The zero-order valence-electron chi connectivity index (χ0n) is 10.3. The number of carboxylic acid groups (broad SMARTS) is 1. The van der Waals surface area contributed by atoms with Gasteiger partial charge < -0.3 is 9.90 Å². The van der Waals surface area contributed by atoms with Crippen LogP contribution in [0.25, 0.3) is 10.9 Å². The van der Waals surface area contributed by atoms with Crippen molar-refractivity contribution in [3.8, 4) is 0 Å². The van der Waals surface area contributed by atoms with Crippen LogP contribution in [0, 0.1) is 0 Å². The van der Waals surface area contributed by atoms with Gasteiger partial charge >= 0.3 is 0 Å². The van der Waals surface area contributed by atoms with E-state index in [4.69, 9.17) is 0 Å². The number of pyridine rings is 1. The number of carbonyl (C=O) groups excluding carboxylic acids is 1. The molecule has 0 fully saturated rings. The Morgan fingerprint density at radius 3 is 2.47 bits per heavy atom. The van der Waals surface area contributed by atoms with Gasteiger partial charge in [-0.15, -0.1) is 0 Å². The molecule has 1 aromatic carbocycles. The van der Waals surface area contributed by atoms with Crippen molar-refractivity contribution < 1.29 is 15.2 Å². The molecular weight excluding hydrogens is 240 g/mol. The normalized spacial score (nSPS) is 12.2. The van der Waals surface area contributed by atoms with Gasteiger partial charge in [0.05, 0.1) is 17.9 Å². The van der Waals surface area contributed by atoms with Crippen molar-refractivity contribution in [3.05, 3.63) is 66.6 Å². The van der Waals surface area contributed by atoms with Gasteiger partial charge in [0.1, 0.15) is 0 Å². The number of nitrogens with two attached hydrogens (primary N) is 1. The van der Waals surface area contributed by atoms with E-state index in [0.29, 0.717) is 5.69 Å². The molecule has 0 saturated heterocycles. The minimum absolute atomic E-state index is 0.134. The Hall–Kier alpha value is -2.46. The van der Waals surface area contributed by atoms with Gasteiger partial charge in [-0.2, -0.15) is 0 Å². The Morgan fingerprint density at radius 2 is 1.84 bits per heavy atom. The molecule has 19 heavy (non-hydrogen) atoms. The van der Waals surface area contributed by atoms with Crippen molar-refractivity contribution in [3.63, 3.8) is 0 Å². The van der Waals surface area contributed by atoms with E-state index in [0.717, 1.165) is 10.9 Å². The van der Waals surface area contributed by atoms with E-state index in [9.17, 15) is 9.90 Å². The van der Waals surface area contributed by atoms with E-state index in [1.807, 2.05) is 60.2 Å². The number of carbonyl (C=O) groups is 1. The van der Waals surface area contributed by atoms with Crippen LogP contribution in [0.4, 0.5) is 0 Å². The number of nitrogens with zero attached hydrogens (tertiary/aromatic N) is 1. The molecule has 0 spiro atoms. The molecule has 2 aromatic rings. The van der Waals surface area contributed by atoms with Crippen molar-refractivity contribution in [2.45, 2.75) is 6.42 Å². The minimum Gasteiger partial charge on any atom is -0.550 e. The molecule has 1 aromatic heterocycles. The first kappa shape index (κ1) is 13.0. The molecule has 0 amide bonds. The fourth-order valence-corrected chi connectivity index (χ4v) is 1.68. The van der Waals surface area contributed by atoms with Crippen LogP contribution in [0.2, 0.25) is 0 Å². The number of hydrogen-bond acceptors (Lipinski definition) is 3. The van der Waals surface area contributed by atoms with Crippen molar-refractivity contribution in [2.24, 2.45) is 0 Å². The molecule has 0 atom stereocenters. The van der Waals surface area contributed by atoms with E-state index in [1.54, 1.807) is 6.07 Å². The summed E-state index contributed by atoms with van der Waals surface area (Å²) in [6, 6.07) is 11.2. The second kappa shape index (κ2) is 6.47. The molecule has 0 bridgehead atoms. The van der Waals surface area contributed by atoms with E-state index in [-0.39, 0.29) is 6.42 Å². The zero-order chi connectivity index (χ0) is 13.5. The summed E-state index contributed by atoms with van der Waals surface area (Å²) in [5, 5.41) is 13.4. The fourth-order valence-electron chi connectivity index (χ4n) is 1.68. The Morgan fingerprint density at radius 1 is 1.11 bits per heavy atom. The van der Waals surface area contributed by atoms with Gasteiger partial charge in [0, 0.05) is 23.5 Å². The number of para-hydroxylation sites is 1. The lowest BCUT2D eigenvalue weighted by atomic mass is 10.2. The van der Waals surface area contributed by atoms with Crippen LogP contribution in [0.15, 0.2) is 61.0 Å². The van der Waals surface area contributed by atoms with Crippen LogP contribution in [-0.2, 0) is 11.2 Å². The molecule has 0 radical (unpaired) electrons. The van der Waals surface area contributed by atoms with Crippen LogP contribution < -0.4 is 10.4 Å². The third-order valence-electron chi connectivity index (χ3n) is 2.54. The lowest BCUT2D eigenvalue weighted by molar-refractivity contribution is -0.510. The molecule has 3 rings (SSSR count). The molecule has 2 heterocycles. The molecule has 4 heteroatoms. The highest BCUT2D eigenvalue weighted by molar-refractivity contribution is 5.79. The number of hydrogen-bond donors (Lipinski definition) is 1. The van der Waals surface area contributed by atoms with Gasteiger partial charge in [-0.25, -0.2) is 0 Å². The highest BCUT2D eigenvalue weighted by atomic mass is 16.4. The number of quaternary nitrogens is 1. The lowest BCUT2D eigenvalue weighted by Gasteiger charge is -2.03. The second-order valence-corrected chi connectivity index (χ2v) is 4.01. The summed E-state index contributed by atoms with van der Waals surface area (Å²) in [5.74, 6) is -1.10. The van der Waals surface area contributed by atoms with Crippen LogP contribution in [-0.4, -0.2) is 11.0 Å². The maximum absolute atomic E-state index is 10.4. The van der Waals surface area contributed by atoms with Crippen LogP contribution >= 0.6 is 0 Å². The Labute approximate surface area is 111 Å². The lowest BCUT2D eigenvalue weighted by Crippen LogP contribution is -2.69. The van der Waals surface area contributed by atoms with Crippen molar-refractivity contribution in [2.75, 3.05) is 0 Å². The fraction of sp³-hybridized carbons (Fsp3) is 0.0667. The van der Waals surface area contributed by atoms with Gasteiger partial charge in [0.25, 0.3) is 0 Å². The molecule has 4 nitrogen and oxygen atoms in total. The van der Waals surface area contributed by atoms with Crippen LogP contribution in [0.5, 0.6) is 0 Å². The van der Waals surface area contributed by atoms with Gasteiger partial charge in [0.2, 0.25) is 0 Å². The summed E-state index contributed by atoms with van der Waals surface area (Å²) in [6.07, 6.45) is 7.87. The number of fused-ring (bicyclic) bond motifs is 1. The molecule has 1 aliphatic rings. The number of aromatic nitrogens is 1. The summed E-state index contributed by atoms with van der Waals surface area (Å²) in [5.41, 5.74) is 1.34. The Balaban J connectivity index is 0.000000224. The summed E-state index contributed by atoms with van der Waals surface area (Å²) in [7, 11) is 0. The first-order chi connectivity index (χ1) is 9.25. The maximum atomic E-state index is 10.4. The monoisotopic (exact) mass is 254 g/mol. The predicted octanol–water partition coefficient (Wildman–Crippen LogP) is 0.118. The van der Waals surface area contributed by atoms with E-state index < -0.39 is 5.97 Å². The molecule has 96 valence electrons. The third kappa shape index (κ3) is 4.04. The van der Waals surface area contributed by atoms with Gasteiger partial charge in [-0.05, 0) is 24.3 Å². The van der Waals surface area contributed by atoms with Gasteiger partial charge in [0.15, 0.2) is 0 Å². The second-order valence-electron chi connectivity index (χ2n) is 4.01. The SMILES string of the molecule is C1=C[NH2+]C=C1.O=C([O-])Cc1ccc2ccccc2n1. The molecular formula is C15H14N2O2. The quantitative estimate of drug-likeness (QED) is 0.827. The topological polar surface area (TPSA) is 69.6 Å². The standard InChI is InChI=1S/C11H9NO2.C4H5N/c13-11(14)7-9-6-5-8-3-1-2-4-10(8)12-9;1-2-4-5-3-1/h1-6H,7H2,(H,13,14);1-5H. The van der Waals surface area contributed by atoms with Crippen molar-refractivity contribution in [1.82, 2.24) is 4.98 Å². The highest BCUT2D eigenvalue weighted by Gasteiger charge is 1.97. The summed E-state index contributed by atoms with van der Waals surface area (Å²) in [4.78, 5) is 14.5. The average molecular weight is 254 g/mol. The molecule has 0 saturated carbocycles. The zero-order valence-corrected chi connectivity index (χ0v) is 10.3. The van der Waals surface area contributed by atoms with E-state index >= 15 is 0 Å². The predicted molar refractivity (Wildman–Crippen MR) is 70.7 cm³/mol. The Bertz CT molecular complexity index is 623. The van der Waals surface area contributed by atoms with Gasteiger partial charge in [-0.3, -0.25) is 10.3 Å². The molecule has 0 unspecified atom stereocenters. The van der Waals surface area contributed by atoms with Crippen molar-refractivity contribution >= 4 is 16.9 Å². The van der Waals surface area contributed by atoms with E-state index in [1.165, 1.54) is 0 Å². The molecule has 1 aliphatic heterocycles. The summed E-state index contributed by atoms with van der Waals surface area (Å²) < 4.78 is 0. The largest absolute Gasteiger partial charge is 0.550 e. The molecule has 0 aliphatic carbocycles. The number of rotatable bonds is 2. The summed E-state index contributed by atoms with van der Waals surface area (Å²) >= 11 is 0. The number of allylic oxidation sites excluding steroid dienone is 2. The average Bonchev–Trinajstić information content (AvgIpc) is 2.97. The highest BCUT2D eigenvalue weighted by Crippen LogP contribution is 2.11. The minimum atomic E-state index is -1.10. The number of benzene rings is 1. The van der Waals surface area contributed by atoms with Gasteiger partial charge in [-0.1, -0.05) is 24.3 Å². The van der Waals surface area contributed by atoms with Crippen molar-refractivity contribution in [1.29, 1.82) is 0 Å². The number of aliphatic carboxylic acids is 1. The van der Waals surface area contributed by atoms with E-state index in [2.05, 4.69) is 4.98 Å². The van der Waals surface area contributed by atoms with Crippen LogP contribution in [0.1, 0.15) is 5.69 Å². The first-order valence-electron chi connectivity index (χ1n) is 5.97. The maximum Gasteiger partial charge on any atom is 0.0973 e. The summed E-state index contributed by atoms with van der Waals surface area (Å²) in [6.45, 7) is 0. The third-order valence-corrected chi connectivity index (χ3v) is 2.54. The number of carboxylic acids is 1.